The average molecular weight is 207 g/mol. The van der Waals surface area contributed by atoms with Crippen LogP contribution in [-0.2, 0) is 6.54 Å². The molecule has 3 heteroatoms. The van der Waals surface area contributed by atoms with Crippen molar-refractivity contribution in [2.45, 2.75) is 19.9 Å². The smallest absolute Gasteiger partial charge is 0.0570 e. The number of nitrogens with one attached hydrogen (secondary N) is 1. The lowest BCUT2D eigenvalue weighted by Gasteiger charge is -2.10. The summed E-state index contributed by atoms with van der Waals surface area (Å²) in [4.78, 5) is 6.54. The third-order valence-electron chi connectivity index (χ3n) is 2.37. The van der Waals surface area contributed by atoms with E-state index < -0.39 is 0 Å². The van der Waals surface area contributed by atoms with Crippen LogP contribution in [0.1, 0.15) is 17.7 Å². The fourth-order valence-electron chi connectivity index (χ4n) is 1.43. The summed E-state index contributed by atoms with van der Waals surface area (Å²) in [5.41, 5.74) is 2.42. The number of aromatic nitrogens is 1. The van der Waals surface area contributed by atoms with E-state index in [-0.39, 0.29) is 0 Å². The van der Waals surface area contributed by atoms with E-state index in [0.717, 1.165) is 25.3 Å². The van der Waals surface area contributed by atoms with Gasteiger partial charge in [-0.2, -0.15) is 0 Å². The van der Waals surface area contributed by atoms with Crippen LogP contribution in [0.2, 0.25) is 0 Å². The molecular weight excluding hydrogens is 186 g/mol. The van der Waals surface area contributed by atoms with Gasteiger partial charge in [0, 0.05) is 12.7 Å². The molecule has 1 rings (SSSR count). The first-order chi connectivity index (χ1) is 7.20. The van der Waals surface area contributed by atoms with Gasteiger partial charge in [-0.05, 0) is 52.2 Å². The molecule has 0 amide bonds. The van der Waals surface area contributed by atoms with Crippen molar-refractivity contribution in [3.8, 4) is 0 Å². The Labute approximate surface area is 92.5 Å². The highest BCUT2D eigenvalue weighted by molar-refractivity contribution is 5.17. The van der Waals surface area contributed by atoms with E-state index >= 15 is 0 Å². The van der Waals surface area contributed by atoms with E-state index in [2.05, 4.69) is 42.3 Å². The number of hydrogen-bond donors (Lipinski definition) is 1. The fraction of sp³-hybridized carbons (Fsp3) is 0.583. The molecule has 1 aromatic rings. The summed E-state index contributed by atoms with van der Waals surface area (Å²) in [6.45, 7) is 5.16. The van der Waals surface area contributed by atoms with Gasteiger partial charge in [0.2, 0.25) is 0 Å². The summed E-state index contributed by atoms with van der Waals surface area (Å²) in [7, 11) is 4.20. The van der Waals surface area contributed by atoms with E-state index in [1.807, 2.05) is 12.3 Å². The molecule has 0 aromatic carbocycles. The van der Waals surface area contributed by atoms with Crippen molar-refractivity contribution in [1.29, 1.82) is 0 Å². The molecule has 0 atom stereocenters. The largest absolute Gasteiger partial charge is 0.311 e. The van der Waals surface area contributed by atoms with E-state index in [1.54, 1.807) is 0 Å². The third-order valence-corrected chi connectivity index (χ3v) is 2.37. The highest BCUT2D eigenvalue weighted by Gasteiger charge is 1.97. The monoisotopic (exact) mass is 207 g/mol. The third kappa shape index (κ3) is 4.91. The van der Waals surface area contributed by atoms with Gasteiger partial charge in [0.25, 0.3) is 0 Å². The Morgan fingerprint density at radius 2 is 2.20 bits per heavy atom. The molecule has 0 aliphatic heterocycles. The van der Waals surface area contributed by atoms with Gasteiger partial charge in [-0.3, -0.25) is 4.98 Å². The normalized spacial score (nSPS) is 10.9. The van der Waals surface area contributed by atoms with Crippen LogP contribution in [0.3, 0.4) is 0 Å². The Bertz CT molecular complexity index is 284. The minimum absolute atomic E-state index is 0.875. The Morgan fingerprint density at radius 1 is 1.40 bits per heavy atom. The zero-order chi connectivity index (χ0) is 11.1. The van der Waals surface area contributed by atoms with Gasteiger partial charge in [0.1, 0.15) is 0 Å². The minimum Gasteiger partial charge on any atom is -0.311 e. The van der Waals surface area contributed by atoms with Crippen molar-refractivity contribution < 1.29 is 0 Å². The molecule has 0 spiro atoms. The Morgan fingerprint density at radius 3 is 2.87 bits per heavy atom. The van der Waals surface area contributed by atoms with Gasteiger partial charge in [-0.15, -0.1) is 0 Å². The quantitative estimate of drug-likeness (QED) is 0.715. The second-order valence-corrected chi connectivity index (χ2v) is 4.10. The van der Waals surface area contributed by atoms with E-state index in [9.17, 15) is 0 Å². The van der Waals surface area contributed by atoms with Gasteiger partial charge < -0.3 is 10.2 Å². The van der Waals surface area contributed by atoms with Crippen LogP contribution in [0, 0.1) is 6.92 Å². The molecule has 3 nitrogen and oxygen atoms in total. The Kier molecular flexibility index (Phi) is 5.29. The number of hydrogen-bond acceptors (Lipinski definition) is 3. The van der Waals surface area contributed by atoms with Gasteiger partial charge in [0.15, 0.2) is 0 Å². The van der Waals surface area contributed by atoms with Crippen molar-refractivity contribution in [1.82, 2.24) is 15.2 Å². The van der Waals surface area contributed by atoms with Crippen LogP contribution >= 0.6 is 0 Å². The number of aryl methyl sites for hydroxylation is 1. The number of pyridine rings is 1. The van der Waals surface area contributed by atoms with Gasteiger partial charge >= 0.3 is 0 Å². The molecule has 1 aromatic heterocycles. The maximum Gasteiger partial charge on any atom is 0.0570 e. The average Bonchev–Trinajstić information content (AvgIpc) is 2.20. The first-order valence-electron chi connectivity index (χ1n) is 5.46. The molecule has 15 heavy (non-hydrogen) atoms. The van der Waals surface area contributed by atoms with Crippen LogP contribution in [0.25, 0.3) is 0 Å². The molecule has 1 N–H and O–H groups in total. The molecule has 1 heterocycles. The van der Waals surface area contributed by atoms with Crippen LogP contribution in [-0.4, -0.2) is 37.1 Å². The molecule has 0 bridgehead atoms. The lowest BCUT2D eigenvalue weighted by Crippen LogP contribution is -2.21. The van der Waals surface area contributed by atoms with Gasteiger partial charge in [-0.1, -0.05) is 6.07 Å². The number of rotatable bonds is 6. The molecule has 0 saturated carbocycles. The van der Waals surface area contributed by atoms with Crippen molar-refractivity contribution in [2.75, 3.05) is 27.2 Å². The SMILES string of the molecule is Cc1cccnc1CNCCCN(C)C. The summed E-state index contributed by atoms with van der Waals surface area (Å²) in [5.74, 6) is 0. The fourth-order valence-corrected chi connectivity index (χ4v) is 1.43. The summed E-state index contributed by atoms with van der Waals surface area (Å²) in [6, 6.07) is 4.08. The summed E-state index contributed by atoms with van der Waals surface area (Å²) < 4.78 is 0. The first kappa shape index (κ1) is 12.1. The molecular formula is C12H21N3. The lowest BCUT2D eigenvalue weighted by atomic mass is 10.2. The second-order valence-electron chi connectivity index (χ2n) is 4.10. The predicted molar refractivity (Wildman–Crippen MR) is 63.9 cm³/mol. The standard InChI is InChI=1S/C12H21N3/c1-11-6-4-8-14-12(11)10-13-7-5-9-15(2)3/h4,6,8,13H,5,7,9-10H2,1-3H3. The predicted octanol–water partition coefficient (Wildman–Crippen LogP) is 1.43. The van der Waals surface area contributed by atoms with E-state index in [1.165, 1.54) is 12.0 Å². The lowest BCUT2D eigenvalue weighted by molar-refractivity contribution is 0.394. The molecule has 0 fully saturated rings. The molecule has 0 radical (unpaired) electrons. The summed E-state index contributed by atoms with van der Waals surface area (Å²) >= 11 is 0. The van der Waals surface area contributed by atoms with Crippen molar-refractivity contribution in [3.63, 3.8) is 0 Å². The van der Waals surface area contributed by atoms with Crippen molar-refractivity contribution >= 4 is 0 Å². The maximum absolute atomic E-state index is 4.34. The molecule has 0 unspecified atom stereocenters. The Balaban J connectivity index is 2.18. The van der Waals surface area contributed by atoms with Gasteiger partial charge in [0.05, 0.1) is 5.69 Å². The first-order valence-corrected chi connectivity index (χ1v) is 5.46. The topological polar surface area (TPSA) is 28.2 Å². The van der Waals surface area contributed by atoms with Crippen LogP contribution in [0.15, 0.2) is 18.3 Å². The second kappa shape index (κ2) is 6.53. The van der Waals surface area contributed by atoms with Gasteiger partial charge in [-0.25, -0.2) is 0 Å². The molecule has 0 aliphatic carbocycles. The Hall–Kier alpha value is -0.930. The minimum atomic E-state index is 0.875. The number of nitrogens with zero attached hydrogens (tertiary/aromatic N) is 2. The zero-order valence-electron chi connectivity index (χ0n) is 9.95. The zero-order valence-corrected chi connectivity index (χ0v) is 9.95. The van der Waals surface area contributed by atoms with Crippen LogP contribution < -0.4 is 5.32 Å². The molecule has 0 aliphatic rings. The highest BCUT2D eigenvalue weighted by atomic mass is 15.1. The van der Waals surface area contributed by atoms with Crippen LogP contribution in [0.4, 0.5) is 0 Å². The van der Waals surface area contributed by atoms with Crippen molar-refractivity contribution in [3.05, 3.63) is 29.6 Å². The van der Waals surface area contributed by atoms with Crippen molar-refractivity contribution in [2.24, 2.45) is 0 Å². The van der Waals surface area contributed by atoms with Crippen LogP contribution in [0.5, 0.6) is 0 Å². The summed E-state index contributed by atoms with van der Waals surface area (Å²) in [6.07, 6.45) is 3.03. The summed E-state index contributed by atoms with van der Waals surface area (Å²) in [5, 5.41) is 3.41. The molecule has 0 saturated heterocycles. The molecule has 84 valence electrons. The van der Waals surface area contributed by atoms with E-state index in [4.69, 9.17) is 0 Å². The van der Waals surface area contributed by atoms with E-state index in [0.29, 0.717) is 0 Å². The highest BCUT2D eigenvalue weighted by Crippen LogP contribution is 2.01. The maximum atomic E-state index is 4.34.